The Bertz CT molecular complexity index is 727. The minimum atomic E-state index is 0.0181. The summed E-state index contributed by atoms with van der Waals surface area (Å²) < 4.78 is 16.6. The van der Waals surface area contributed by atoms with E-state index < -0.39 is 0 Å². The summed E-state index contributed by atoms with van der Waals surface area (Å²) in [6.07, 6.45) is 1.61. The Hall–Kier alpha value is -2.47. The van der Waals surface area contributed by atoms with Gasteiger partial charge in [-0.05, 0) is 35.7 Å². The van der Waals surface area contributed by atoms with Crippen molar-refractivity contribution in [2.24, 2.45) is 5.92 Å². The summed E-state index contributed by atoms with van der Waals surface area (Å²) in [6, 6.07) is 9.70. The topological polar surface area (TPSA) is 63.9 Å². The highest BCUT2D eigenvalue weighted by Gasteiger charge is 2.21. The highest BCUT2D eigenvalue weighted by atomic mass is 16.6. The second-order valence-corrected chi connectivity index (χ2v) is 6.83. The lowest BCUT2D eigenvalue weighted by atomic mass is 9.95. The number of carbonyl (C=O) groups is 1. The fraction of sp³-hybridized carbons (Fsp3) is 0.450. The van der Waals surface area contributed by atoms with Gasteiger partial charge in [-0.2, -0.15) is 0 Å². The van der Waals surface area contributed by atoms with Crippen molar-refractivity contribution in [1.82, 2.24) is 10.2 Å². The van der Waals surface area contributed by atoms with Crippen molar-refractivity contribution in [3.8, 4) is 11.5 Å². The molecule has 1 aliphatic heterocycles. The Balaban J connectivity index is 1.62. The van der Waals surface area contributed by atoms with Crippen molar-refractivity contribution in [1.29, 1.82) is 0 Å². The van der Waals surface area contributed by atoms with E-state index in [1.165, 1.54) is 0 Å². The van der Waals surface area contributed by atoms with Gasteiger partial charge in [0.15, 0.2) is 11.5 Å². The molecule has 140 valence electrons. The molecule has 1 aromatic heterocycles. The molecular formula is C20H26N2O4. The van der Waals surface area contributed by atoms with Crippen molar-refractivity contribution < 1.29 is 18.7 Å². The van der Waals surface area contributed by atoms with E-state index in [0.717, 1.165) is 22.8 Å². The van der Waals surface area contributed by atoms with E-state index >= 15 is 0 Å². The van der Waals surface area contributed by atoms with Gasteiger partial charge in [0.05, 0.1) is 19.4 Å². The van der Waals surface area contributed by atoms with Gasteiger partial charge in [0, 0.05) is 13.1 Å². The van der Waals surface area contributed by atoms with Gasteiger partial charge in [-0.3, -0.25) is 4.79 Å². The van der Waals surface area contributed by atoms with Gasteiger partial charge in [0.2, 0.25) is 5.91 Å². The van der Waals surface area contributed by atoms with Gasteiger partial charge in [-0.25, -0.2) is 0 Å². The van der Waals surface area contributed by atoms with E-state index in [-0.39, 0.29) is 18.5 Å². The SMILES string of the molecule is CC(C)C(NCC(=O)N(C)Cc1ccco1)c1ccc2c(c1)OCCO2. The van der Waals surface area contributed by atoms with Gasteiger partial charge in [-0.15, -0.1) is 0 Å². The number of carbonyl (C=O) groups excluding carboxylic acids is 1. The smallest absolute Gasteiger partial charge is 0.236 e. The van der Waals surface area contributed by atoms with E-state index in [1.807, 2.05) is 30.3 Å². The normalized spacial score (nSPS) is 14.3. The molecule has 2 aromatic rings. The van der Waals surface area contributed by atoms with Crippen LogP contribution in [0.1, 0.15) is 31.2 Å². The molecule has 1 aromatic carbocycles. The first-order valence-electron chi connectivity index (χ1n) is 8.94. The average Bonchev–Trinajstić information content (AvgIpc) is 3.14. The maximum atomic E-state index is 12.4. The van der Waals surface area contributed by atoms with E-state index in [2.05, 4.69) is 19.2 Å². The molecule has 0 fully saturated rings. The molecule has 0 aliphatic carbocycles. The Labute approximate surface area is 154 Å². The Kier molecular flexibility index (Phi) is 5.83. The van der Waals surface area contributed by atoms with Crippen LogP contribution >= 0.6 is 0 Å². The highest BCUT2D eigenvalue weighted by molar-refractivity contribution is 5.78. The summed E-state index contributed by atoms with van der Waals surface area (Å²) in [5, 5.41) is 3.38. The molecule has 0 spiro atoms. The largest absolute Gasteiger partial charge is 0.486 e. The third-order valence-electron chi connectivity index (χ3n) is 4.46. The second kappa shape index (κ2) is 8.27. The predicted molar refractivity (Wildman–Crippen MR) is 98.2 cm³/mol. The summed E-state index contributed by atoms with van der Waals surface area (Å²) in [4.78, 5) is 14.1. The Morgan fingerprint density at radius 2 is 1.96 bits per heavy atom. The number of amides is 1. The molecule has 26 heavy (non-hydrogen) atoms. The molecule has 6 heteroatoms. The standard InChI is InChI=1S/C20H26N2O4/c1-14(2)20(15-6-7-17-18(11-15)26-10-9-25-17)21-12-19(23)22(3)13-16-5-4-8-24-16/h4-8,11,14,20-21H,9-10,12-13H2,1-3H3. The number of hydrogen-bond acceptors (Lipinski definition) is 5. The van der Waals surface area contributed by atoms with Crippen molar-refractivity contribution in [2.75, 3.05) is 26.8 Å². The summed E-state index contributed by atoms with van der Waals surface area (Å²) >= 11 is 0. The summed E-state index contributed by atoms with van der Waals surface area (Å²) in [5.41, 5.74) is 1.09. The lowest BCUT2D eigenvalue weighted by Gasteiger charge is -2.26. The van der Waals surface area contributed by atoms with Gasteiger partial charge in [-0.1, -0.05) is 19.9 Å². The zero-order valence-corrected chi connectivity index (χ0v) is 15.5. The minimum absolute atomic E-state index is 0.0181. The van der Waals surface area contributed by atoms with Crippen LogP contribution in [0.15, 0.2) is 41.0 Å². The first-order chi connectivity index (χ1) is 12.5. The lowest BCUT2D eigenvalue weighted by Crippen LogP contribution is -2.38. The van der Waals surface area contributed by atoms with Crippen LogP contribution in [0, 0.1) is 5.92 Å². The molecular weight excluding hydrogens is 332 g/mol. The molecule has 0 bridgehead atoms. The molecule has 1 atom stereocenters. The number of benzene rings is 1. The fourth-order valence-corrected chi connectivity index (χ4v) is 3.05. The zero-order chi connectivity index (χ0) is 18.5. The average molecular weight is 358 g/mol. The number of ether oxygens (including phenoxy) is 2. The molecule has 0 saturated heterocycles. The summed E-state index contributed by atoms with van der Waals surface area (Å²) in [5.74, 6) is 2.65. The van der Waals surface area contributed by atoms with Crippen molar-refractivity contribution in [2.45, 2.75) is 26.4 Å². The first kappa shape index (κ1) is 18.3. The molecule has 1 N–H and O–H groups in total. The van der Waals surface area contributed by atoms with Crippen LogP contribution in [-0.2, 0) is 11.3 Å². The van der Waals surface area contributed by atoms with Crippen LogP contribution < -0.4 is 14.8 Å². The summed E-state index contributed by atoms with van der Waals surface area (Å²) in [6.45, 7) is 6.12. The maximum absolute atomic E-state index is 12.4. The van der Waals surface area contributed by atoms with E-state index in [1.54, 1.807) is 18.2 Å². The number of furan rings is 1. The molecule has 6 nitrogen and oxygen atoms in total. The van der Waals surface area contributed by atoms with Gasteiger partial charge in [0.1, 0.15) is 19.0 Å². The number of fused-ring (bicyclic) bond motifs is 1. The monoisotopic (exact) mass is 358 g/mol. The molecule has 3 rings (SSSR count). The highest BCUT2D eigenvalue weighted by Crippen LogP contribution is 2.34. The lowest BCUT2D eigenvalue weighted by molar-refractivity contribution is -0.129. The van der Waals surface area contributed by atoms with Crippen molar-refractivity contribution >= 4 is 5.91 Å². The quantitative estimate of drug-likeness (QED) is 0.824. The van der Waals surface area contributed by atoms with Crippen molar-refractivity contribution in [3.63, 3.8) is 0 Å². The number of hydrogen-bond donors (Lipinski definition) is 1. The van der Waals surface area contributed by atoms with E-state index in [9.17, 15) is 4.79 Å². The van der Waals surface area contributed by atoms with Crippen LogP contribution in [0.25, 0.3) is 0 Å². The Morgan fingerprint density at radius 3 is 2.65 bits per heavy atom. The van der Waals surface area contributed by atoms with E-state index in [4.69, 9.17) is 13.9 Å². The van der Waals surface area contributed by atoms with Crippen molar-refractivity contribution in [3.05, 3.63) is 47.9 Å². The van der Waals surface area contributed by atoms with Gasteiger partial charge in [0.25, 0.3) is 0 Å². The molecule has 1 amide bonds. The Morgan fingerprint density at radius 1 is 1.19 bits per heavy atom. The van der Waals surface area contributed by atoms with Crippen LogP contribution in [0.4, 0.5) is 0 Å². The second-order valence-electron chi connectivity index (χ2n) is 6.83. The number of rotatable bonds is 7. The van der Waals surface area contributed by atoms with Crippen LogP contribution in [0.2, 0.25) is 0 Å². The molecule has 1 unspecified atom stereocenters. The predicted octanol–water partition coefficient (Wildman–Crippen LogP) is 3.00. The molecule has 0 saturated carbocycles. The van der Waals surface area contributed by atoms with Crippen LogP contribution in [0.5, 0.6) is 11.5 Å². The number of likely N-dealkylation sites (N-methyl/N-ethyl adjacent to an activating group) is 1. The summed E-state index contributed by atoms with van der Waals surface area (Å²) in [7, 11) is 1.78. The van der Waals surface area contributed by atoms with Gasteiger partial charge >= 0.3 is 0 Å². The first-order valence-corrected chi connectivity index (χ1v) is 8.94. The number of nitrogens with one attached hydrogen (secondary N) is 1. The third-order valence-corrected chi connectivity index (χ3v) is 4.46. The molecule has 2 heterocycles. The van der Waals surface area contributed by atoms with Crippen LogP contribution in [-0.4, -0.2) is 37.6 Å². The zero-order valence-electron chi connectivity index (χ0n) is 15.5. The third kappa shape index (κ3) is 4.38. The maximum Gasteiger partial charge on any atom is 0.236 e. The van der Waals surface area contributed by atoms with E-state index in [0.29, 0.717) is 25.7 Å². The number of nitrogens with zero attached hydrogens (tertiary/aromatic N) is 1. The van der Waals surface area contributed by atoms with Crippen LogP contribution in [0.3, 0.4) is 0 Å². The molecule has 1 aliphatic rings. The minimum Gasteiger partial charge on any atom is -0.486 e. The molecule has 0 radical (unpaired) electrons. The van der Waals surface area contributed by atoms with Gasteiger partial charge < -0.3 is 24.1 Å². The fourth-order valence-electron chi connectivity index (χ4n) is 3.05.